The molecule has 0 unspecified atom stereocenters. The first kappa shape index (κ1) is 20.4. The van der Waals surface area contributed by atoms with Crippen LogP contribution in [0.1, 0.15) is 22.3 Å². The first-order valence-electron chi connectivity index (χ1n) is 7.81. The Kier molecular flexibility index (Phi) is 5.46. The number of anilines is 1. The van der Waals surface area contributed by atoms with Crippen LogP contribution >= 0.6 is 27.7 Å². The fourth-order valence-corrected chi connectivity index (χ4v) is 7.24. The Labute approximate surface area is 171 Å². The Morgan fingerprint density at radius 2 is 1.56 bits per heavy atom. The molecule has 27 heavy (non-hydrogen) atoms. The number of aryl methyl sites for hydroxylation is 1. The van der Waals surface area contributed by atoms with Crippen molar-refractivity contribution in [2.75, 3.05) is 16.2 Å². The Morgan fingerprint density at radius 1 is 0.963 bits per heavy atom. The zero-order valence-corrected chi connectivity index (χ0v) is 18.5. The van der Waals surface area contributed by atoms with Crippen molar-refractivity contribution in [3.05, 3.63) is 52.0 Å². The van der Waals surface area contributed by atoms with E-state index in [1.807, 2.05) is 24.3 Å². The molecule has 0 amide bonds. The number of nitrogens with zero attached hydrogens (tertiary/aromatic N) is 1. The number of benzene rings is 2. The highest BCUT2D eigenvalue weighted by Crippen LogP contribution is 2.41. The van der Waals surface area contributed by atoms with Gasteiger partial charge in [-0.15, -0.1) is 0 Å². The van der Waals surface area contributed by atoms with Crippen LogP contribution in [0.15, 0.2) is 50.7 Å². The quantitative estimate of drug-likeness (QED) is 0.638. The lowest BCUT2D eigenvalue weighted by Gasteiger charge is -2.23. The van der Waals surface area contributed by atoms with Crippen molar-refractivity contribution in [3.8, 4) is 0 Å². The molecule has 0 atom stereocenters. The second-order valence-corrected chi connectivity index (χ2v) is 12.1. The molecule has 10 heteroatoms. The van der Waals surface area contributed by atoms with Gasteiger partial charge in [0.25, 0.3) is 0 Å². The van der Waals surface area contributed by atoms with E-state index < -0.39 is 20.0 Å². The number of Topliss-reactive ketones (excluding diaryl/α,β-unsaturated/α-hetero) is 1. The molecule has 0 aliphatic heterocycles. The van der Waals surface area contributed by atoms with Gasteiger partial charge in [-0.3, -0.25) is 4.79 Å². The molecule has 0 heterocycles. The molecule has 2 aromatic rings. The number of carbonyl (C=O) groups excluding carboxylic acids is 1. The number of rotatable bonds is 5. The average molecular weight is 490 g/mol. The van der Waals surface area contributed by atoms with Crippen molar-refractivity contribution in [1.29, 1.82) is 0 Å². The summed E-state index contributed by atoms with van der Waals surface area (Å²) in [7, 11) is -8.18. The van der Waals surface area contributed by atoms with Crippen molar-refractivity contribution in [3.63, 3.8) is 0 Å². The molecule has 0 spiro atoms. The van der Waals surface area contributed by atoms with Crippen LogP contribution in [-0.2, 0) is 26.5 Å². The fraction of sp³-hybridized carbons (Fsp3) is 0.235. The Bertz CT molecular complexity index is 1090. The van der Waals surface area contributed by atoms with Crippen LogP contribution in [0.4, 0.5) is 5.69 Å². The van der Waals surface area contributed by atoms with Crippen LogP contribution in [0.5, 0.6) is 0 Å². The van der Waals surface area contributed by atoms with E-state index in [0.717, 1.165) is 21.9 Å². The Morgan fingerprint density at radius 3 is 2.11 bits per heavy atom. The molecule has 1 aliphatic rings. The van der Waals surface area contributed by atoms with Crippen LogP contribution < -0.4 is 3.71 Å². The van der Waals surface area contributed by atoms with E-state index in [2.05, 4.69) is 15.9 Å². The molecular formula is C17H16BrNO5S3. The van der Waals surface area contributed by atoms with Crippen LogP contribution in [0, 0.1) is 0 Å². The summed E-state index contributed by atoms with van der Waals surface area (Å²) in [5, 5.41) is 0. The first-order chi connectivity index (χ1) is 12.5. The topological polar surface area (TPSA) is 88.6 Å². The number of sulfonamides is 2. The third-order valence-corrected chi connectivity index (χ3v) is 8.75. The summed E-state index contributed by atoms with van der Waals surface area (Å²) in [6.07, 6.45) is 2.49. The maximum Gasteiger partial charge on any atom is 0.245 e. The number of ketones is 1. The zero-order chi connectivity index (χ0) is 20.0. The number of hydrogen-bond donors (Lipinski definition) is 0. The summed E-state index contributed by atoms with van der Waals surface area (Å²) in [5.74, 6) is -0.0283. The van der Waals surface area contributed by atoms with E-state index in [9.17, 15) is 21.6 Å². The third kappa shape index (κ3) is 4.39. The molecule has 1 aliphatic carbocycles. The van der Waals surface area contributed by atoms with Gasteiger partial charge in [0.05, 0.1) is 18.2 Å². The number of carbonyl (C=O) groups is 1. The molecule has 6 nitrogen and oxygen atoms in total. The minimum Gasteiger partial charge on any atom is -0.294 e. The predicted molar refractivity (Wildman–Crippen MR) is 110 cm³/mol. The molecular weight excluding hydrogens is 474 g/mol. The molecule has 0 saturated heterocycles. The van der Waals surface area contributed by atoms with Gasteiger partial charge in [0.15, 0.2) is 5.78 Å². The second kappa shape index (κ2) is 7.23. The number of fused-ring (bicyclic) bond motifs is 1. The molecule has 144 valence electrons. The molecule has 0 fully saturated rings. The monoisotopic (exact) mass is 489 g/mol. The molecule has 0 radical (unpaired) electrons. The lowest BCUT2D eigenvalue weighted by molar-refractivity contribution is 0.0994. The van der Waals surface area contributed by atoms with Crippen molar-refractivity contribution in [1.82, 2.24) is 0 Å². The van der Waals surface area contributed by atoms with E-state index in [-0.39, 0.29) is 11.5 Å². The number of hydrogen-bond acceptors (Lipinski definition) is 6. The van der Waals surface area contributed by atoms with Crippen LogP contribution in [0.25, 0.3) is 0 Å². The van der Waals surface area contributed by atoms with Gasteiger partial charge >= 0.3 is 0 Å². The van der Waals surface area contributed by atoms with Gasteiger partial charge in [0.2, 0.25) is 20.0 Å². The van der Waals surface area contributed by atoms with Gasteiger partial charge in [-0.25, -0.2) is 16.8 Å². The largest absolute Gasteiger partial charge is 0.294 e. The van der Waals surface area contributed by atoms with E-state index in [1.54, 1.807) is 6.07 Å². The molecule has 0 bridgehead atoms. The van der Waals surface area contributed by atoms with Gasteiger partial charge < -0.3 is 0 Å². The average Bonchev–Trinajstić information content (AvgIpc) is 2.88. The Hall–Kier alpha value is -1.36. The summed E-state index contributed by atoms with van der Waals surface area (Å²) in [4.78, 5) is 13.3. The standard InChI is InChI=1S/C17H16BrNO5S3/c1-26(21,22)19(27(2,23)24)15-9-11-3-8-16(20)14(11)10-17(15)25-13-6-4-12(18)5-7-13/h4-7,9-10H,3,8H2,1-2H3. The zero-order valence-electron chi connectivity index (χ0n) is 14.5. The van der Waals surface area contributed by atoms with Gasteiger partial charge in [-0.2, -0.15) is 3.71 Å². The predicted octanol–water partition coefficient (Wildman–Crippen LogP) is 3.45. The second-order valence-electron chi connectivity index (χ2n) is 6.18. The highest BCUT2D eigenvalue weighted by Gasteiger charge is 2.32. The smallest absolute Gasteiger partial charge is 0.245 e. The van der Waals surface area contributed by atoms with Gasteiger partial charge in [0.1, 0.15) is 0 Å². The van der Waals surface area contributed by atoms with Crippen LogP contribution in [0.2, 0.25) is 0 Å². The van der Waals surface area contributed by atoms with Crippen molar-refractivity contribution >= 4 is 59.2 Å². The Balaban J connectivity index is 2.22. The van der Waals surface area contributed by atoms with Crippen molar-refractivity contribution in [2.45, 2.75) is 22.6 Å². The van der Waals surface area contributed by atoms with E-state index in [1.165, 1.54) is 17.8 Å². The highest BCUT2D eigenvalue weighted by molar-refractivity contribution is 9.10. The fourth-order valence-electron chi connectivity index (χ4n) is 2.92. The maximum atomic E-state index is 12.3. The molecule has 0 aromatic heterocycles. The summed E-state index contributed by atoms with van der Waals surface area (Å²) in [6.45, 7) is 0. The number of halogens is 1. The molecule has 2 aromatic carbocycles. The lowest BCUT2D eigenvalue weighted by Crippen LogP contribution is -2.35. The SMILES string of the molecule is CS(=O)(=O)N(c1cc2c(cc1Sc1ccc(Br)cc1)C(=O)CC2)S(C)(=O)=O. The first-order valence-corrected chi connectivity index (χ1v) is 13.1. The summed E-state index contributed by atoms with van der Waals surface area (Å²) in [5.41, 5.74) is 1.22. The normalized spacial score (nSPS) is 14.3. The molecule has 0 saturated carbocycles. The van der Waals surface area contributed by atoms with Crippen molar-refractivity contribution in [2.24, 2.45) is 0 Å². The van der Waals surface area contributed by atoms with Gasteiger partial charge in [0, 0.05) is 26.2 Å². The third-order valence-electron chi connectivity index (χ3n) is 3.95. The van der Waals surface area contributed by atoms with Crippen LogP contribution in [0.3, 0.4) is 0 Å². The minimum atomic E-state index is -4.09. The minimum absolute atomic E-state index is 0.0283. The highest BCUT2D eigenvalue weighted by atomic mass is 79.9. The lowest BCUT2D eigenvalue weighted by atomic mass is 10.1. The van der Waals surface area contributed by atoms with Crippen LogP contribution in [-0.4, -0.2) is 35.1 Å². The van der Waals surface area contributed by atoms with Gasteiger partial charge in [-0.05, 0) is 48.4 Å². The molecule has 0 N–H and O–H groups in total. The summed E-state index contributed by atoms with van der Waals surface area (Å²) >= 11 is 4.56. The maximum absolute atomic E-state index is 12.3. The molecule has 3 rings (SSSR count). The van der Waals surface area contributed by atoms with E-state index >= 15 is 0 Å². The van der Waals surface area contributed by atoms with E-state index in [0.29, 0.717) is 32.6 Å². The van der Waals surface area contributed by atoms with E-state index in [4.69, 9.17) is 0 Å². The van der Waals surface area contributed by atoms with Gasteiger partial charge in [-0.1, -0.05) is 27.7 Å². The summed E-state index contributed by atoms with van der Waals surface area (Å²) < 4.78 is 50.3. The van der Waals surface area contributed by atoms with Crippen molar-refractivity contribution < 1.29 is 21.6 Å². The summed E-state index contributed by atoms with van der Waals surface area (Å²) in [6, 6.07) is 10.4.